The van der Waals surface area contributed by atoms with Gasteiger partial charge >= 0.3 is 5.97 Å². The van der Waals surface area contributed by atoms with Gasteiger partial charge in [0, 0.05) is 0 Å². The van der Waals surface area contributed by atoms with E-state index in [-0.39, 0.29) is 30.4 Å². The summed E-state index contributed by atoms with van der Waals surface area (Å²) in [6, 6.07) is 19.7. The number of ether oxygens (including phenoxy) is 1. The molecular formula is C20H21NO3. The second-order valence-corrected chi connectivity index (χ2v) is 6.10. The first kappa shape index (κ1) is 16.2. The Morgan fingerprint density at radius 2 is 1.62 bits per heavy atom. The van der Waals surface area contributed by atoms with Crippen molar-refractivity contribution in [1.29, 1.82) is 0 Å². The highest BCUT2D eigenvalue weighted by molar-refractivity contribution is 5.82. The maximum absolute atomic E-state index is 12.2. The Morgan fingerprint density at radius 3 is 2.25 bits per heavy atom. The van der Waals surface area contributed by atoms with Crippen molar-refractivity contribution >= 4 is 11.9 Å². The van der Waals surface area contributed by atoms with Gasteiger partial charge in [-0.2, -0.15) is 0 Å². The van der Waals surface area contributed by atoms with Crippen LogP contribution in [0, 0.1) is 5.92 Å². The molecule has 0 unspecified atom stereocenters. The van der Waals surface area contributed by atoms with Gasteiger partial charge in [0.2, 0.25) is 0 Å². The summed E-state index contributed by atoms with van der Waals surface area (Å²) in [5.41, 5.74) is 2.17. The monoisotopic (exact) mass is 323 g/mol. The lowest BCUT2D eigenvalue weighted by atomic mass is 9.99. The van der Waals surface area contributed by atoms with E-state index in [0.29, 0.717) is 6.42 Å². The molecule has 0 aliphatic heterocycles. The highest BCUT2D eigenvalue weighted by Gasteiger charge is 2.31. The van der Waals surface area contributed by atoms with Gasteiger partial charge in [-0.1, -0.05) is 60.7 Å². The van der Waals surface area contributed by atoms with Gasteiger partial charge in [-0.15, -0.1) is 0 Å². The molecule has 4 heteroatoms. The highest BCUT2D eigenvalue weighted by Crippen LogP contribution is 2.30. The molecule has 0 heterocycles. The Bertz CT molecular complexity index is 681. The molecule has 1 fully saturated rings. The maximum Gasteiger partial charge on any atom is 0.309 e. The summed E-state index contributed by atoms with van der Waals surface area (Å²) in [6.45, 7) is -0.215. The fourth-order valence-electron chi connectivity index (χ4n) is 2.60. The second kappa shape index (κ2) is 7.77. The number of nitrogens with one attached hydrogen (secondary N) is 1. The summed E-state index contributed by atoms with van der Waals surface area (Å²) in [5.74, 6) is -0.523. The summed E-state index contributed by atoms with van der Waals surface area (Å²) in [5, 5.41) is 2.98. The molecule has 124 valence electrons. The van der Waals surface area contributed by atoms with Crippen LogP contribution in [-0.4, -0.2) is 18.5 Å². The molecule has 0 bridgehead atoms. The van der Waals surface area contributed by atoms with E-state index in [1.807, 2.05) is 60.7 Å². The minimum absolute atomic E-state index is 0.00652. The van der Waals surface area contributed by atoms with Crippen molar-refractivity contribution in [3.8, 4) is 0 Å². The minimum Gasteiger partial charge on any atom is -0.455 e. The molecule has 0 radical (unpaired) electrons. The summed E-state index contributed by atoms with van der Waals surface area (Å²) >= 11 is 0. The molecule has 1 aliphatic rings. The van der Waals surface area contributed by atoms with E-state index in [0.717, 1.165) is 24.0 Å². The van der Waals surface area contributed by atoms with E-state index >= 15 is 0 Å². The lowest BCUT2D eigenvalue weighted by Crippen LogP contribution is -2.33. The van der Waals surface area contributed by atoms with Crippen LogP contribution in [0.2, 0.25) is 0 Å². The SMILES string of the molecule is O=C(COC(=O)C1CC1)N[C@H](Cc1ccccc1)c1ccccc1. The summed E-state index contributed by atoms with van der Waals surface area (Å²) in [6.07, 6.45) is 2.44. The van der Waals surface area contributed by atoms with Crippen molar-refractivity contribution in [3.63, 3.8) is 0 Å². The average Bonchev–Trinajstić information content (AvgIpc) is 3.46. The number of benzene rings is 2. The molecular weight excluding hydrogens is 302 g/mol. The predicted octanol–water partition coefficient (Wildman–Crippen LogP) is 3.04. The maximum atomic E-state index is 12.2. The Morgan fingerprint density at radius 1 is 1.00 bits per heavy atom. The van der Waals surface area contributed by atoms with Crippen LogP contribution in [-0.2, 0) is 20.7 Å². The van der Waals surface area contributed by atoms with Gasteiger partial charge in [0.05, 0.1) is 12.0 Å². The number of hydrogen-bond acceptors (Lipinski definition) is 3. The lowest BCUT2D eigenvalue weighted by Gasteiger charge is -2.19. The Kier molecular flexibility index (Phi) is 5.26. The normalized spacial score (nSPS) is 14.7. The lowest BCUT2D eigenvalue weighted by molar-refractivity contribution is -0.150. The van der Waals surface area contributed by atoms with E-state index in [1.54, 1.807) is 0 Å². The van der Waals surface area contributed by atoms with Crippen LogP contribution in [0.1, 0.15) is 30.0 Å². The molecule has 1 atom stereocenters. The van der Waals surface area contributed by atoms with Crippen molar-refractivity contribution in [3.05, 3.63) is 71.8 Å². The van der Waals surface area contributed by atoms with Crippen LogP contribution in [0.3, 0.4) is 0 Å². The standard InChI is InChI=1S/C20H21NO3/c22-19(14-24-20(23)17-11-12-17)21-18(16-9-5-2-6-10-16)13-15-7-3-1-4-8-15/h1-10,17-18H,11-14H2,(H,21,22)/t18-/m1/s1. The van der Waals surface area contributed by atoms with Gasteiger partial charge in [-0.3, -0.25) is 9.59 Å². The topological polar surface area (TPSA) is 55.4 Å². The van der Waals surface area contributed by atoms with E-state index in [9.17, 15) is 9.59 Å². The van der Waals surface area contributed by atoms with Crippen molar-refractivity contribution in [2.45, 2.75) is 25.3 Å². The molecule has 0 saturated heterocycles. The van der Waals surface area contributed by atoms with Gasteiger partial charge in [-0.25, -0.2) is 0 Å². The first-order valence-electron chi connectivity index (χ1n) is 8.27. The molecule has 2 aromatic carbocycles. The molecule has 0 spiro atoms. The van der Waals surface area contributed by atoms with Crippen molar-refractivity contribution in [1.82, 2.24) is 5.32 Å². The minimum atomic E-state index is -0.270. The van der Waals surface area contributed by atoms with Gasteiger partial charge in [0.1, 0.15) is 0 Å². The number of carbonyl (C=O) groups excluding carboxylic acids is 2. The van der Waals surface area contributed by atoms with Crippen molar-refractivity contribution in [2.24, 2.45) is 5.92 Å². The van der Waals surface area contributed by atoms with Crippen LogP contribution in [0.15, 0.2) is 60.7 Å². The van der Waals surface area contributed by atoms with Gasteiger partial charge in [0.25, 0.3) is 5.91 Å². The molecule has 1 amide bonds. The summed E-state index contributed by atoms with van der Waals surface area (Å²) in [7, 11) is 0. The molecule has 3 rings (SSSR count). The zero-order chi connectivity index (χ0) is 16.8. The first-order chi connectivity index (χ1) is 11.7. The number of rotatable bonds is 7. The van der Waals surface area contributed by atoms with E-state index < -0.39 is 0 Å². The number of amides is 1. The zero-order valence-corrected chi connectivity index (χ0v) is 13.5. The first-order valence-corrected chi connectivity index (χ1v) is 8.27. The van der Waals surface area contributed by atoms with E-state index in [4.69, 9.17) is 4.74 Å². The quantitative estimate of drug-likeness (QED) is 0.797. The Balaban J connectivity index is 1.63. The third-order valence-electron chi connectivity index (χ3n) is 4.08. The third kappa shape index (κ3) is 4.69. The van der Waals surface area contributed by atoms with Crippen molar-refractivity contribution in [2.75, 3.05) is 6.61 Å². The smallest absolute Gasteiger partial charge is 0.309 e. The summed E-state index contributed by atoms with van der Waals surface area (Å²) < 4.78 is 5.06. The van der Waals surface area contributed by atoms with Crippen molar-refractivity contribution < 1.29 is 14.3 Å². The fraction of sp³-hybridized carbons (Fsp3) is 0.300. The second-order valence-electron chi connectivity index (χ2n) is 6.10. The zero-order valence-electron chi connectivity index (χ0n) is 13.5. The van der Waals surface area contributed by atoms with Gasteiger partial charge < -0.3 is 10.1 Å². The van der Waals surface area contributed by atoms with Crippen LogP contribution in [0.4, 0.5) is 0 Å². The number of esters is 1. The average molecular weight is 323 g/mol. The highest BCUT2D eigenvalue weighted by atomic mass is 16.5. The van der Waals surface area contributed by atoms with E-state index in [2.05, 4.69) is 5.32 Å². The molecule has 2 aromatic rings. The molecule has 1 aliphatic carbocycles. The van der Waals surface area contributed by atoms with Gasteiger partial charge in [0.15, 0.2) is 6.61 Å². The number of carbonyl (C=O) groups is 2. The molecule has 24 heavy (non-hydrogen) atoms. The van der Waals surface area contributed by atoms with Crippen LogP contribution in [0.5, 0.6) is 0 Å². The molecule has 1 N–H and O–H groups in total. The van der Waals surface area contributed by atoms with Crippen LogP contribution in [0.25, 0.3) is 0 Å². The van der Waals surface area contributed by atoms with Crippen LogP contribution < -0.4 is 5.32 Å². The Hall–Kier alpha value is -2.62. The molecule has 4 nitrogen and oxygen atoms in total. The largest absolute Gasteiger partial charge is 0.455 e. The Labute approximate surface area is 141 Å². The van der Waals surface area contributed by atoms with Crippen LogP contribution >= 0.6 is 0 Å². The third-order valence-corrected chi connectivity index (χ3v) is 4.08. The molecule has 1 saturated carbocycles. The summed E-state index contributed by atoms with van der Waals surface area (Å²) in [4.78, 5) is 23.7. The fourth-order valence-corrected chi connectivity index (χ4v) is 2.60. The van der Waals surface area contributed by atoms with E-state index in [1.165, 1.54) is 0 Å². The number of hydrogen-bond donors (Lipinski definition) is 1. The molecule has 0 aromatic heterocycles. The van der Waals surface area contributed by atoms with Gasteiger partial charge in [-0.05, 0) is 30.4 Å². The predicted molar refractivity (Wildman–Crippen MR) is 91.2 cm³/mol.